The number of rotatable bonds is 6. The highest BCUT2D eigenvalue weighted by atomic mass is 16.2. The fraction of sp³-hybridized carbons (Fsp3) is 0.867. The summed E-state index contributed by atoms with van der Waals surface area (Å²) in [5.41, 5.74) is 5.69. The molecule has 2 amide bonds. The van der Waals surface area contributed by atoms with E-state index in [4.69, 9.17) is 5.73 Å². The van der Waals surface area contributed by atoms with E-state index in [1.54, 1.807) is 0 Å². The zero-order valence-electron chi connectivity index (χ0n) is 13.0. The molecule has 1 unspecified atom stereocenters. The first-order chi connectivity index (χ1) is 9.49. The summed E-state index contributed by atoms with van der Waals surface area (Å²) in [5.74, 6) is 0.256. The van der Waals surface area contributed by atoms with Gasteiger partial charge in [-0.2, -0.15) is 0 Å². The minimum Gasteiger partial charge on any atom is -0.353 e. The van der Waals surface area contributed by atoms with Gasteiger partial charge in [0.05, 0.1) is 5.92 Å². The van der Waals surface area contributed by atoms with Crippen molar-refractivity contribution in [2.75, 3.05) is 19.6 Å². The van der Waals surface area contributed by atoms with Crippen LogP contribution >= 0.6 is 0 Å². The number of nitrogens with two attached hydrogens (primary N) is 1. The minimum atomic E-state index is -0.0400. The van der Waals surface area contributed by atoms with Gasteiger partial charge in [-0.25, -0.2) is 0 Å². The second kappa shape index (κ2) is 8.25. The number of amides is 2. The number of carbonyl (C=O) groups excluding carboxylic acids is 2. The Bertz CT molecular complexity index is 323. The number of hydrogen-bond donors (Lipinski definition) is 2. The first kappa shape index (κ1) is 17.0. The molecule has 1 aliphatic rings. The van der Waals surface area contributed by atoms with E-state index in [-0.39, 0.29) is 29.7 Å². The molecule has 116 valence electrons. The van der Waals surface area contributed by atoms with E-state index in [2.05, 4.69) is 12.2 Å². The standard InChI is InChI=1S/C15H29N3O2/c1-4-5-12(10-16)15(20)18-8-6-13(7-9-18)17-14(19)11(2)3/h11-13H,4-10,16H2,1-3H3,(H,17,19). The number of piperidine rings is 1. The Hall–Kier alpha value is -1.10. The van der Waals surface area contributed by atoms with Gasteiger partial charge in [0.1, 0.15) is 0 Å². The normalized spacial score (nSPS) is 18.1. The van der Waals surface area contributed by atoms with Gasteiger partial charge in [-0.1, -0.05) is 27.2 Å². The van der Waals surface area contributed by atoms with Gasteiger partial charge >= 0.3 is 0 Å². The number of likely N-dealkylation sites (tertiary alicyclic amines) is 1. The molecule has 0 aliphatic carbocycles. The molecule has 1 aliphatic heterocycles. The SMILES string of the molecule is CCCC(CN)C(=O)N1CCC(NC(=O)C(C)C)CC1. The second-order valence-corrected chi connectivity index (χ2v) is 5.98. The highest BCUT2D eigenvalue weighted by Gasteiger charge is 2.27. The van der Waals surface area contributed by atoms with Crippen molar-refractivity contribution in [1.82, 2.24) is 10.2 Å². The fourth-order valence-corrected chi connectivity index (χ4v) is 2.56. The third-order valence-corrected chi connectivity index (χ3v) is 3.95. The quantitative estimate of drug-likeness (QED) is 0.767. The Morgan fingerprint density at radius 2 is 1.90 bits per heavy atom. The van der Waals surface area contributed by atoms with Crippen LogP contribution in [0.3, 0.4) is 0 Å². The first-order valence-electron chi connectivity index (χ1n) is 7.78. The molecule has 1 heterocycles. The monoisotopic (exact) mass is 283 g/mol. The molecular formula is C15H29N3O2. The summed E-state index contributed by atoms with van der Waals surface area (Å²) in [5, 5.41) is 3.04. The van der Waals surface area contributed by atoms with Crippen molar-refractivity contribution in [3.05, 3.63) is 0 Å². The van der Waals surface area contributed by atoms with Crippen LogP contribution in [0.25, 0.3) is 0 Å². The van der Waals surface area contributed by atoms with Crippen molar-refractivity contribution in [2.24, 2.45) is 17.6 Å². The lowest BCUT2D eigenvalue weighted by Crippen LogP contribution is -2.49. The molecule has 0 spiro atoms. The van der Waals surface area contributed by atoms with Gasteiger partial charge in [-0.15, -0.1) is 0 Å². The van der Waals surface area contributed by atoms with Crippen molar-refractivity contribution < 1.29 is 9.59 Å². The van der Waals surface area contributed by atoms with E-state index >= 15 is 0 Å². The summed E-state index contributed by atoms with van der Waals surface area (Å²) in [4.78, 5) is 25.9. The smallest absolute Gasteiger partial charge is 0.226 e. The summed E-state index contributed by atoms with van der Waals surface area (Å²) in [7, 11) is 0. The van der Waals surface area contributed by atoms with E-state index in [9.17, 15) is 9.59 Å². The van der Waals surface area contributed by atoms with Crippen LogP contribution in [0.15, 0.2) is 0 Å². The largest absolute Gasteiger partial charge is 0.353 e. The Kier molecular flexibility index (Phi) is 6.99. The zero-order chi connectivity index (χ0) is 15.1. The highest BCUT2D eigenvalue weighted by molar-refractivity contribution is 5.79. The van der Waals surface area contributed by atoms with Crippen molar-refractivity contribution in [1.29, 1.82) is 0 Å². The highest BCUT2D eigenvalue weighted by Crippen LogP contribution is 2.16. The maximum atomic E-state index is 12.3. The third-order valence-electron chi connectivity index (χ3n) is 3.95. The van der Waals surface area contributed by atoms with Gasteiger partial charge in [0.2, 0.25) is 11.8 Å². The molecule has 1 saturated heterocycles. The average Bonchev–Trinajstić information content (AvgIpc) is 2.44. The molecule has 1 fully saturated rings. The van der Waals surface area contributed by atoms with E-state index in [1.165, 1.54) is 0 Å². The van der Waals surface area contributed by atoms with Gasteiger partial charge < -0.3 is 16.0 Å². The van der Waals surface area contributed by atoms with Crippen LogP contribution in [0.5, 0.6) is 0 Å². The van der Waals surface area contributed by atoms with Crippen LogP contribution in [-0.2, 0) is 9.59 Å². The maximum Gasteiger partial charge on any atom is 0.226 e. The summed E-state index contributed by atoms with van der Waals surface area (Å²) in [6.45, 7) is 7.74. The minimum absolute atomic E-state index is 0.0147. The summed E-state index contributed by atoms with van der Waals surface area (Å²) in [6, 6.07) is 0.205. The molecule has 3 N–H and O–H groups in total. The third kappa shape index (κ3) is 4.78. The molecule has 5 heteroatoms. The molecule has 0 bridgehead atoms. The summed E-state index contributed by atoms with van der Waals surface area (Å²) >= 11 is 0. The molecule has 0 aromatic rings. The molecule has 0 aromatic carbocycles. The van der Waals surface area contributed by atoms with E-state index in [0.29, 0.717) is 6.54 Å². The average molecular weight is 283 g/mol. The molecule has 0 radical (unpaired) electrons. The van der Waals surface area contributed by atoms with Crippen molar-refractivity contribution in [3.8, 4) is 0 Å². The second-order valence-electron chi connectivity index (χ2n) is 5.98. The number of nitrogens with one attached hydrogen (secondary N) is 1. The van der Waals surface area contributed by atoms with Gasteiger partial charge in [0.15, 0.2) is 0 Å². The topological polar surface area (TPSA) is 75.4 Å². The Morgan fingerprint density at radius 1 is 1.30 bits per heavy atom. The molecule has 5 nitrogen and oxygen atoms in total. The Balaban J connectivity index is 2.41. The van der Waals surface area contributed by atoms with Crippen molar-refractivity contribution in [2.45, 2.75) is 52.5 Å². The number of carbonyl (C=O) groups is 2. The van der Waals surface area contributed by atoms with Gasteiger partial charge in [0.25, 0.3) is 0 Å². The van der Waals surface area contributed by atoms with E-state index < -0.39 is 0 Å². The number of hydrogen-bond acceptors (Lipinski definition) is 3. The zero-order valence-corrected chi connectivity index (χ0v) is 13.0. The molecule has 0 aromatic heterocycles. The first-order valence-corrected chi connectivity index (χ1v) is 7.78. The van der Waals surface area contributed by atoms with Crippen LogP contribution < -0.4 is 11.1 Å². The molecule has 0 saturated carbocycles. The fourth-order valence-electron chi connectivity index (χ4n) is 2.56. The lowest BCUT2D eigenvalue weighted by atomic mass is 9.98. The van der Waals surface area contributed by atoms with Crippen LogP contribution in [0, 0.1) is 11.8 Å². The Labute approximate surface area is 122 Å². The van der Waals surface area contributed by atoms with Crippen LogP contribution in [-0.4, -0.2) is 42.4 Å². The van der Waals surface area contributed by atoms with Crippen molar-refractivity contribution >= 4 is 11.8 Å². The molecule has 1 atom stereocenters. The number of nitrogens with zero attached hydrogens (tertiary/aromatic N) is 1. The van der Waals surface area contributed by atoms with Crippen molar-refractivity contribution in [3.63, 3.8) is 0 Å². The lowest BCUT2D eigenvalue weighted by molar-refractivity contribution is -0.136. The predicted molar refractivity (Wildman–Crippen MR) is 80.0 cm³/mol. The molecule has 1 rings (SSSR count). The summed E-state index contributed by atoms with van der Waals surface area (Å²) < 4.78 is 0. The Morgan fingerprint density at radius 3 is 2.35 bits per heavy atom. The van der Waals surface area contributed by atoms with Crippen LogP contribution in [0.4, 0.5) is 0 Å². The van der Waals surface area contributed by atoms with Crippen LogP contribution in [0.2, 0.25) is 0 Å². The predicted octanol–water partition coefficient (Wildman–Crippen LogP) is 1.12. The van der Waals surface area contributed by atoms with Crippen LogP contribution in [0.1, 0.15) is 46.5 Å². The van der Waals surface area contributed by atoms with Gasteiger partial charge in [0, 0.05) is 31.6 Å². The lowest BCUT2D eigenvalue weighted by Gasteiger charge is -2.34. The molecule has 20 heavy (non-hydrogen) atoms. The summed E-state index contributed by atoms with van der Waals surface area (Å²) in [6.07, 6.45) is 3.52. The molecular weight excluding hydrogens is 254 g/mol. The van der Waals surface area contributed by atoms with Gasteiger partial charge in [-0.3, -0.25) is 9.59 Å². The van der Waals surface area contributed by atoms with Gasteiger partial charge in [-0.05, 0) is 19.3 Å². The van der Waals surface area contributed by atoms with E-state index in [1.807, 2.05) is 18.7 Å². The van der Waals surface area contributed by atoms with E-state index in [0.717, 1.165) is 38.8 Å². The maximum absolute atomic E-state index is 12.3.